The molecule has 4 aromatic rings. The number of imidazole rings is 1. The van der Waals surface area contributed by atoms with Crippen molar-refractivity contribution in [2.45, 2.75) is 31.7 Å². The summed E-state index contributed by atoms with van der Waals surface area (Å²) < 4.78 is 62.5. The van der Waals surface area contributed by atoms with Crippen LogP contribution in [0, 0.1) is 5.82 Å². The van der Waals surface area contributed by atoms with Crippen molar-refractivity contribution < 1.29 is 27.1 Å². The number of carbonyl (C=O) groups excluding carboxylic acids is 1. The molecule has 0 saturated heterocycles. The van der Waals surface area contributed by atoms with Gasteiger partial charge in [0.25, 0.3) is 5.91 Å². The lowest BCUT2D eigenvalue weighted by Crippen LogP contribution is -2.41. The number of halogens is 4. The van der Waals surface area contributed by atoms with Crippen molar-refractivity contribution in [2.75, 3.05) is 19.4 Å². The average Bonchev–Trinajstić information content (AvgIpc) is 3.28. The van der Waals surface area contributed by atoms with E-state index in [0.29, 0.717) is 22.2 Å². The summed E-state index contributed by atoms with van der Waals surface area (Å²) in [6.45, 7) is 3.37. The van der Waals surface area contributed by atoms with Gasteiger partial charge < -0.3 is 15.4 Å². The number of rotatable bonds is 2. The third-order valence-corrected chi connectivity index (χ3v) is 6.47. The first-order valence-corrected chi connectivity index (χ1v) is 10.7. The Bertz CT molecular complexity index is 1500. The molecule has 0 spiro atoms. The molecule has 5 rings (SSSR count). The van der Waals surface area contributed by atoms with Crippen molar-refractivity contribution in [3.05, 3.63) is 70.9 Å². The Balaban J connectivity index is 1.57. The topological polar surface area (TPSA) is 85.8 Å². The van der Waals surface area contributed by atoms with E-state index in [0.717, 1.165) is 18.2 Å². The van der Waals surface area contributed by atoms with Crippen molar-refractivity contribution in [2.24, 2.45) is 0 Å². The molecule has 0 unspecified atom stereocenters. The maximum absolute atomic E-state index is 15.0. The molecule has 0 bridgehead atoms. The van der Waals surface area contributed by atoms with Crippen molar-refractivity contribution in [3.8, 4) is 0 Å². The maximum Gasteiger partial charge on any atom is 0.416 e. The third kappa shape index (κ3) is 3.66. The van der Waals surface area contributed by atoms with Gasteiger partial charge in [0.15, 0.2) is 0 Å². The number of carbonyl (C=O) groups is 1. The van der Waals surface area contributed by atoms with Crippen molar-refractivity contribution in [1.82, 2.24) is 19.3 Å². The number of fused-ring (bicyclic) bond motifs is 4. The van der Waals surface area contributed by atoms with Gasteiger partial charge in [0.1, 0.15) is 17.2 Å². The van der Waals surface area contributed by atoms with E-state index in [2.05, 4.69) is 9.97 Å². The van der Waals surface area contributed by atoms with Gasteiger partial charge in [-0.15, -0.1) is 0 Å². The van der Waals surface area contributed by atoms with Crippen LogP contribution in [0.15, 0.2) is 42.9 Å². The molecular weight excluding hydrogens is 466 g/mol. The summed E-state index contributed by atoms with van der Waals surface area (Å²) in [5, 5.41) is 0. The van der Waals surface area contributed by atoms with Gasteiger partial charge in [-0.2, -0.15) is 13.2 Å². The second-order valence-corrected chi connectivity index (χ2v) is 9.02. The molecule has 35 heavy (non-hydrogen) atoms. The molecule has 0 fully saturated rings. The lowest BCUT2D eigenvalue weighted by molar-refractivity contribution is -0.138. The number of hydrogen-bond donors (Lipinski definition) is 1. The van der Waals surface area contributed by atoms with E-state index in [1.54, 1.807) is 18.2 Å². The summed E-state index contributed by atoms with van der Waals surface area (Å²) in [5.74, 6) is -1.29. The first-order valence-electron chi connectivity index (χ1n) is 10.7. The van der Waals surface area contributed by atoms with Gasteiger partial charge >= 0.3 is 6.18 Å². The molecule has 182 valence electrons. The lowest BCUT2D eigenvalue weighted by atomic mass is 9.85. The molecule has 7 nitrogen and oxygen atoms in total. The Morgan fingerprint density at radius 1 is 1.23 bits per heavy atom. The summed E-state index contributed by atoms with van der Waals surface area (Å²) in [7, 11) is 1.47. The fourth-order valence-electron chi connectivity index (χ4n) is 4.51. The highest BCUT2D eigenvalue weighted by atomic mass is 19.4. The van der Waals surface area contributed by atoms with Crippen LogP contribution < -0.4 is 5.73 Å². The number of amides is 1. The molecule has 3 heterocycles. The Morgan fingerprint density at radius 3 is 2.69 bits per heavy atom. The zero-order chi connectivity index (χ0) is 25.3. The number of ether oxygens (including phenoxy) is 1. The van der Waals surface area contributed by atoms with Crippen LogP contribution in [0.3, 0.4) is 0 Å². The summed E-state index contributed by atoms with van der Waals surface area (Å²) in [6, 6.07) is 5.15. The number of likely N-dealkylation sites (N-methyl/N-ethyl adjacent to an activating group) is 1. The summed E-state index contributed by atoms with van der Waals surface area (Å²) in [4.78, 5) is 22.9. The van der Waals surface area contributed by atoms with Crippen LogP contribution in [0.25, 0.3) is 16.6 Å². The molecule has 11 heteroatoms. The standard InChI is InChI=1S/C24H21F4N5O2/c1-23(2)15-6-12(24(26,27)28)4-5-13(15)20(10-35-23)32(3)22(34)14-7-18-17(8-16(14)25)31-21(29)19-9-30-11-33(18)19/h4-9,11,20H,10H2,1-3H3,(H2,29,31)/t20-/m1/s1. The highest BCUT2D eigenvalue weighted by Gasteiger charge is 2.40. The molecule has 2 aromatic heterocycles. The quantitative estimate of drug-likeness (QED) is 0.414. The van der Waals surface area contributed by atoms with Crippen LogP contribution in [0.5, 0.6) is 0 Å². The molecule has 1 aliphatic rings. The number of anilines is 1. The number of nitrogen functional groups attached to an aromatic ring is 1. The number of benzene rings is 2. The minimum absolute atomic E-state index is 0.0344. The number of alkyl halides is 3. The van der Waals surface area contributed by atoms with Crippen LogP contribution in [0.1, 0.15) is 46.9 Å². The first-order chi connectivity index (χ1) is 16.4. The van der Waals surface area contributed by atoms with E-state index in [9.17, 15) is 18.0 Å². The lowest BCUT2D eigenvalue weighted by Gasteiger charge is -2.41. The van der Waals surface area contributed by atoms with Crippen LogP contribution in [-0.4, -0.2) is 38.8 Å². The van der Waals surface area contributed by atoms with Gasteiger partial charge in [-0.05, 0) is 43.2 Å². The van der Waals surface area contributed by atoms with Gasteiger partial charge in [-0.25, -0.2) is 14.4 Å². The van der Waals surface area contributed by atoms with Gasteiger partial charge in [0.05, 0.1) is 52.9 Å². The van der Waals surface area contributed by atoms with Gasteiger partial charge in [0.2, 0.25) is 0 Å². The van der Waals surface area contributed by atoms with Gasteiger partial charge in [-0.3, -0.25) is 9.20 Å². The Morgan fingerprint density at radius 2 is 1.97 bits per heavy atom. The number of nitrogens with two attached hydrogens (primary N) is 1. The smallest absolute Gasteiger partial charge is 0.382 e. The molecule has 0 aliphatic carbocycles. The van der Waals surface area contributed by atoms with E-state index in [4.69, 9.17) is 10.5 Å². The van der Waals surface area contributed by atoms with Crippen LogP contribution in [0.4, 0.5) is 23.4 Å². The Hall–Kier alpha value is -3.73. The van der Waals surface area contributed by atoms with Gasteiger partial charge in [-0.1, -0.05) is 6.07 Å². The largest absolute Gasteiger partial charge is 0.416 e. The van der Waals surface area contributed by atoms with Gasteiger partial charge in [0, 0.05) is 13.1 Å². The van der Waals surface area contributed by atoms with Crippen LogP contribution >= 0.6 is 0 Å². The van der Waals surface area contributed by atoms with Crippen molar-refractivity contribution in [1.29, 1.82) is 0 Å². The van der Waals surface area contributed by atoms with E-state index >= 15 is 4.39 Å². The predicted octanol–water partition coefficient (Wildman–Crippen LogP) is 4.70. The summed E-state index contributed by atoms with van der Waals surface area (Å²) >= 11 is 0. The second-order valence-electron chi connectivity index (χ2n) is 9.02. The minimum atomic E-state index is -4.52. The van der Waals surface area contributed by atoms with E-state index in [1.165, 1.54) is 36.6 Å². The Labute approximate surface area is 197 Å². The van der Waals surface area contributed by atoms with Crippen LogP contribution in [0.2, 0.25) is 0 Å². The average molecular weight is 487 g/mol. The molecular formula is C24H21F4N5O2. The SMILES string of the molecule is CN(C(=O)c1cc2c(cc1F)nc(N)c1cncn12)[C@@H]1COC(C)(C)c2cc(C(F)(F)F)ccc21. The van der Waals surface area contributed by atoms with E-state index < -0.39 is 35.1 Å². The molecule has 2 N–H and O–H groups in total. The number of hydrogen-bond acceptors (Lipinski definition) is 5. The van der Waals surface area contributed by atoms with E-state index in [1.807, 2.05) is 0 Å². The highest BCUT2D eigenvalue weighted by Crippen LogP contribution is 2.42. The highest BCUT2D eigenvalue weighted by molar-refractivity contribution is 5.98. The molecule has 2 aromatic carbocycles. The first kappa shape index (κ1) is 23.0. The fraction of sp³-hybridized carbons (Fsp3) is 0.292. The number of nitrogens with zero attached hydrogens (tertiary/aromatic N) is 4. The third-order valence-electron chi connectivity index (χ3n) is 6.47. The van der Waals surface area contributed by atoms with Crippen LogP contribution in [-0.2, 0) is 16.5 Å². The predicted molar refractivity (Wildman–Crippen MR) is 120 cm³/mol. The van der Waals surface area contributed by atoms with E-state index in [-0.39, 0.29) is 23.5 Å². The maximum atomic E-state index is 15.0. The zero-order valence-electron chi connectivity index (χ0n) is 19.0. The number of aromatic nitrogens is 3. The molecule has 0 saturated carbocycles. The fourth-order valence-corrected chi connectivity index (χ4v) is 4.51. The molecule has 1 aliphatic heterocycles. The summed E-state index contributed by atoms with van der Waals surface area (Å²) in [6.07, 6.45) is -1.53. The van der Waals surface area contributed by atoms with Crippen molar-refractivity contribution in [3.63, 3.8) is 0 Å². The normalized spacial score (nSPS) is 17.5. The second kappa shape index (κ2) is 7.64. The summed E-state index contributed by atoms with van der Waals surface area (Å²) in [5.41, 5.74) is 5.91. The molecule has 1 atom stereocenters. The van der Waals surface area contributed by atoms with Crippen molar-refractivity contribution >= 4 is 28.3 Å². The monoisotopic (exact) mass is 487 g/mol. The zero-order valence-corrected chi connectivity index (χ0v) is 19.0. The molecule has 0 radical (unpaired) electrons. The minimum Gasteiger partial charge on any atom is -0.382 e. The Kier molecular flexibility index (Phi) is 5.03. The molecule has 1 amide bonds.